The number of aryl methyl sites for hydroxylation is 1. The number of hydrazone groups is 1. The average Bonchev–Trinajstić information content (AvgIpc) is 2.99. The van der Waals surface area contributed by atoms with Crippen LogP contribution in [-0.4, -0.2) is 24.9 Å². The molecule has 0 fully saturated rings. The quantitative estimate of drug-likeness (QED) is 0.390. The van der Waals surface area contributed by atoms with Crippen molar-refractivity contribution in [3.8, 4) is 0 Å². The van der Waals surface area contributed by atoms with Crippen LogP contribution in [0.1, 0.15) is 5.56 Å². The second-order valence-corrected chi connectivity index (χ2v) is 6.55. The van der Waals surface area contributed by atoms with Gasteiger partial charge in [0.25, 0.3) is 5.56 Å². The zero-order valence-corrected chi connectivity index (χ0v) is 15.9. The van der Waals surface area contributed by atoms with Crippen molar-refractivity contribution in [3.63, 3.8) is 0 Å². The van der Waals surface area contributed by atoms with Crippen molar-refractivity contribution >= 4 is 39.3 Å². The first-order valence-corrected chi connectivity index (χ1v) is 8.55. The van der Waals surface area contributed by atoms with Gasteiger partial charge in [0.1, 0.15) is 0 Å². The second kappa shape index (κ2) is 7.12. The molecule has 134 valence electrons. The molecule has 0 amide bonds. The molecule has 0 radical (unpaired) electrons. The molecular weight excluding hydrogens is 400 g/mol. The zero-order valence-electron chi connectivity index (χ0n) is 14.3. The second-order valence-electron chi connectivity index (χ2n) is 5.63. The Morgan fingerprint density at radius 3 is 2.58 bits per heavy atom. The number of aromatic nitrogens is 4. The van der Waals surface area contributed by atoms with E-state index in [9.17, 15) is 9.59 Å². The Morgan fingerprint density at radius 1 is 1.23 bits per heavy atom. The molecule has 0 bridgehead atoms. The van der Waals surface area contributed by atoms with Crippen molar-refractivity contribution in [1.82, 2.24) is 18.7 Å². The van der Waals surface area contributed by atoms with Crippen LogP contribution in [0.15, 0.2) is 56.1 Å². The Morgan fingerprint density at radius 2 is 1.92 bits per heavy atom. The van der Waals surface area contributed by atoms with Crippen LogP contribution < -0.4 is 16.7 Å². The third-order valence-corrected chi connectivity index (χ3v) is 4.44. The lowest BCUT2D eigenvalue weighted by Crippen LogP contribution is -2.37. The molecule has 26 heavy (non-hydrogen) atoms. The first-order valence-electron chi connectivity index (χ1n) is 7.76. The molecule has 1 N–H and O–H groups in total. The highest BCUT2D eigenvalue weighted by molar-refractivity contribution is 9.10. The molecule has 8 nitrogen and oxygen atoms in total. The molecular formula is C17H17BrN6O2. The van der Waals surface area contributed by atoms with E-state index in [0.29, 0.717) is 23.7 Å². The van der Waals surface area contributed by atoms with Crippen LogP contribution in [0.4, 0.5) is 5.95 Å². The minimum absolute atomic E-state index is 0.293. The molecule has 9 heteroatoms. The summed E-state index contributed by atoms with van der Waals surface area (Å²) in [7, 11) is 3.01. The zero-order chi connectivity index (χ0) is 18.8. The molecule has 0 saturated carbocycles. The monoisotopic (exact) mass is 416 g/mol. The predicted octanol–water partition coefficient (Wildman–Crippen LogP) is 1.83. The predicted molar refractivity (Wildman–Crippen MR) is 106 cm³/mol. The van der Waals surface area contributed by atoms with Crippen LogP contribution in [0.25, 0.3) is 11.2 Å². The van der Waals surface area contributed by atoms with E-state index in [1.165, 1.54) is 11.6 Å². The van der Waals surface area contributed by atoms with Gasteiger partial charge in [0, 0.05) is 25.1 Å². The van der Waals surface area contributed by atoms with Crippen molar-refractivity contribution in [1.29, 1.82) is 0 Å². The third kappa shape index (κ3) is 3.13. The Hall–Kier alpha value is -2.94. The van der Waals surface area contributed by atoms with E-state index in [0.717, 1.165) is 14.6 Å². The number of imidazole rings is 1. The van der Waals surface area contributed by atoms with E-state index in [4.69, 9.17) is 0 Å². The highest BCUT2D eigenvalue weighted by Crippen LogP contribution is 2.15. The van der Waals surface area contributed by atoms with Crippen LogP contribution in [0, 0.1) is 0 Å². The fourth-order valence-electron chi connectivity index (χ4n) is 2.55. The summed E-state index contributed by atoms with van der Waals surface area (Å²) < 4.78 is 5.01. The fraction of sp³-hybridized carbons (Fsp3) is 0.176. The molecule has 0 aliphatic rings. The fourth-order valence-corrected chi connectivity index (χ4v) is 2.82. The minimum Gasteiger partial charge on any atom is -0.299 e. The van der Waals surface area contributed by atoms with E-state index in [-0.39, 0.29) is 0 Å². The Balaban J connectivity index is 2.06. The van der Waals surface area contributed by atoms with Crippen LogP contribution in [0.5, 0.6) is 0 Å². The number of halogens is 1. The number of benzene rings is 1. The molecule has 0 aliphatic carbocycles. The van der Waals surface area contributed by atoms with Gasteiger partial charge in [0.05, 0.1) is 6.21 Å². The van der Waals surface area contributed by atoms with Crippen molar-refractivity contribution in [2.75, 3.05) is 5.43 Å². The summed E-state index contributed by atoms with van der Waals surface area (Å²) >= 11 is 3.38. The molecule has 0 atom stereocenters. The van der Waals surface area contributed by atoms with Crippen molar-refractivity contribution < 1.29 is 0 Å². The Bertz CT molecular complexity index is 1120. The number of allylic oxidation sites excluding steroid dienone is 1. The van der Waals surface area contributed by atoms with Gasteiger partial charge in [-0.1, -0.05) is 34.1 Å². The lowest BCUT2D eigenvalue weighted by atomic mass is 10.2. The summed E-state index contributed by atoms with van der Waals surface area (Å²) in [6.07, 6.45) is 3.29. The SMILES string of the molecule is C=CCn1c(NN=Cc2ccc(Br)cc2)nc2c1c(=O)n(C)c(=O)n2C. The number of anilines is 1. The maximum Gasteiger partial charge on any atom is 0.332 e. The van der Waals surface area contributed by atoms with Crippen molar-refractivity contribution in [2.45, 2.75) is 6.54 Å². The topological polar surface area (TPSA) is 86.2 Å². The molecule has 0 spiro atoms. The van der Waals surface area contributed by atoms with Gasteiger partial charge in [0.15, 0.2) is 11.2 Å². The van der Waals surface area contributed by atoms with E-state index < -0.39 is 11.2 Å². The standard InChI is InChI=1S/C17H17BrN6O2/c1-4-9-24-13-14(22(2)17(26)23(3)15(13)25)20-16(24)21-19-10-11-5-7-12(18)8-6-11/h4-8,10H,1,9H2,2-3H3,(H,20,21). The van der Waals surface area contributed by atoms with Crippen LogP contribution in [0.2, 0.25) is 0 Å². The number of nitrogens with zero attached hydrogens (tertiary/aromatic N) is 5. The Kier molecular flexibility index (Phi) is 4.90. The van der Waals surface area contributed by atoms with E-state index in [1.807, 2.05) is 24.3 Å². The number of rotatable bonds is 5. The van der Waals surface area contributed by atoms with Gasteiger partial charge < -0.3 is 0 Å². The van der Waals surface area contributed by atoms with Gasteiger partial charge in [0.2, 0.25) is 5.95 Å². The van der Waals surface area contributed by atoms with Crippen molar-refractivity contribution in [2.24, 2.45) is 19.2 Å². The molecule has 1 aromatic carbocycles. The average molecular weight is 417 g/mol. The molecule has 2 aromatic heterocycles. The van der Waals surface area contributed by atoms with Gasteiger partial charge in [-0.3, -0.25) is 18.5 Å². The largest absolute Gasteiger partial charge is 0.332 e. The summed E-state index contributed by atoms with van der Waals surface area (Å²) in [5.74, 6) is 0.353. The van der Waals surface area contributed by atoms with Crippen LogP contribution in [0.3, 0.4) is 0 Å². The van der Waals surface area contributed by atoms with Gasteiger partial charge in [-0.2, -0.15) is 10.1 Å². The molecule has 3 aromatic rings. The summed E-state index contributed by atoms with van der Waals surface area (Å²) in [6, 6.07) is 7.63. The maximum absolute atomic E-state index is 12.5. The molecule has 3 rings (SSSR count). The van der Waals surface area contributed by atoms with Gasteiger partial charge in [-0.15, -0.1) is 6.58 Å². The first-order chi connectivity index (χ1) is 12.4. The van der Waals surface area contributed by atoms with Gasteiger partial charge in [-0.25, -0.2) is 10.2 Å². The van der Waals surface area contributed by atoms with Crippen LogP contribution >= 0.6 is 15.9 Å². The molecule has 0 aliphatic heterocycles. The van der Waals surface area contributed by atoms with E-state index in [2.05, 4.69) is 38.0 Å². The lowest BCUT2D eigenvalue weighted by molar-refractivity contribution is 0.703. The molecule has 0 saturated heterocycles. The van der Waals surface area contributed by atoms with Gasteiger partial charge >= 0.3 is 5.69 Å². The summed E-state index contributed by atoms with van der Waals surface area (Å²) in [4.78, 5) is 29.0. The van der Waals surface area contributed by atoms with E-state index in [1.54, 1.807) is 23.9 Å². The molecule has 2 heterocycles. The third-order valence-electron chi connectivity index (χ3n) is 3.91. The van der Waals surface area contributed by atoms with E-state index >= 15 is 0 Å². The number of fused-ring (bicyclic) bond motifs is 1. The summed E-state index contributed by atoms with van der Waals surface area (Å²) in [5.41, 5.74) is 3.50. The number of hydrogen-bond acceptors (Lipinski definition) is 5. The van der Waals surface area contributed by atoms with Gasteiger partial charge in [-0.05, 0) is 17.7 Å². The van der Waals surface area contributed by atoms with Crippen LogP contribution in [-0.2, 0) is 20.6 Å². The number of hydrogen-bond donors (Lipinski definition) is 1. The first kappa shape index (κ1) is 17.9. The smallest absolute Gasteiger partial charge is 0.299 e. The summed E-state index contributed by atoms with van der Waals surface area (Å²) in [5, 5.41) is 4.18. The summed E-state index contributed by atoms with van der Waals surface area (Å²) in [6.45, 7) is 4.06. The maximum atomic E-state index is 12.5. The highest BCUT2D eigenvalue weighted by Gasteiger charge is 2.18. The molecule has 0 unspecified atom stereocenters. The van der Waals surface area contributed by atoms with Crippen molar-refractivity contribution in [3.05, 3.63) is 67.8 Å². The Labute approximate surface area is 157 Å². The highest BCUT2D eigenvalue weighted by atomic mass is 79.9. The lowest BCUT2D eigenvalue weighted by Gasteiger charge is -2.06. The minimum atomic E-state index is -0.435. The number of nitrogens with one attached hydrogen (secondary N) is 1. The normalized spacial score (nSPS) is 11.3.